The van der Waals surface area contributed by atoms with Crippen molar-refractivity contribution in [2.24, 2.45) is 0 Å². The van der Waals surface area contributed by atoms with Crippen molar-refractivity contribution in [3.8, 4) is 0 Å². The van der Waals surface area contributed by atoms with E-state index in [9.17, 15) is 0 Å². The molecule has 15 heavy (non-hydrogen) atoms. The van der Waals surface area contributed by atoms with Crippen molar-refractivity contribution < 1.29 is 9.84 Å². The monoisotopic (exact) mass is 208 g/mol. The van der Waals surface area contributed by atoms with Crippen LogP contribution in [0.1, 0.15) is 37.7 Å². The van der Waals surface area contributed by atoms with E-state index >= 15 is 0 Å². The normalized spacial score (nSPS) is 26.5. The lowest BCUT2D eigenvalue weighted by atomic mass is 9.95. The molecule has 82 valence electrons. The van der Waals surface area contributed by atoms with E-state index in [4.69, 9.17) is 9.84 Å². The van der Waals surface area contributed by atoms with Crippen LogP contribution in [0.2, 0.25) is 0 Å². The van der Waals surface area contributed by atoms with Crippen molar-refractivity contribution >= 4 is 0 Å². The van der Waals surface area contributed by atoms with Crippen LogP contribution in [0.4, 0.5) is 0 Å². The van der Waals surface area contributed by atoms with Gasteiger partial charge in [0.15, 0.2) is 5.82 Å². The molecule has 4 heteroatoms. The number of aliphatic hydroxyl groups is 1. The molecular weight excluding hydrogens is 192 g/mol. The van der Waals surface area contributed by atoms with Crippen LogP contribution >= 0.6 is 0 Å². The zero-order valence-electron chi connectivity index (χ0n) is 8.94. The Hall–Kier alpha value is -1.00. The minimum Gasteiger partial charge on any atom is -0.390 e. The Kier molecular flexibility index (Phi) is 2.98. The Bertz CT molecular complexity index is 335. The lowest BCUT2D eigenvalue weighted by molar-refractivity contribution is -0.0762. The molecule has 1 aliphatic heterocycles. The summed E-state index contributed by atoms with van der Waals surface area (Å²) in [4.78, 5) is 8.54. The third-order valence-electron chi connectivity index (χ3n) is 2.82. The maximum absolute atomic E-state index is 9.01. The van der Waals surface area contributed by atoms with Gasteiger partial charge in [-0.3, -0.25) is 0 Å². The molecule has 1 aromatic heterocycles. The van der Waals surface area contributed by atoms with Crippen molar-refractivity contribution in [3.63, 3.8) is 0 Å². The maximum atomic E-state index is 9.01. The molecule has 1 unspecified atom stereocenters. The van der Waals surface area contributed by atoms with Gasteiger partial charge in [0.2, 0.25) is 0 Å². The Balaban J connectivity index is 2.26. The first-order chi connectivity index (χ1) is 7.24. The fourth-order valence-electron chi connectivity index (χ4n) is 1.85. The molecule has 0 aliphatic carbocycles. The maximum Gasteiger partial charge on any atom is 0.160 e. The van der Waals surface area contributed by atoms with Crippen LogP contribution in [0, 0.1) is 0 Å². The first-order valence-corrected chi connectivity index (χ1v) is 5.32. The van der Waals surface area contributed by atoms with Crippen molar-refractivity contribution in [1.29, 1.82) is 0 Å². The summed E-state index contributed by atoms with van der Waals surface area (Å²) in [6.45, 7) is 2.73. The molecule has 1 atom stereocenters. The molecule has 2 heterocycles. The van der Waals surface area contributed by atoms with Gasteiger partial charge in [-0.2, -0.15) is 0 Å². The number of hydrogen-bond donors (Lipinski definition) is 1. The van der Waals surface area contributed by atoms with E-state index in [1.807, 2.05) is 6.92 Å². The zero-order chi connectivity index (χ0) is 10.7. The molecule has 1 N–H and O–H groups in total. The molecule has 0 amide bonds. The van der Waals surface area contributed by atoms with E-state index in [0.717, 1.165) is 25.9 Å². The van der Waals surface area contributed by atoms with Gasteiger partial charge >= 0.3 is 0 Å². The highest BCUT2D eigenvalue weighted by Crippen LogP contribution is 2.32. The highest BCUT2D eigenvalue weighted by Gasteiger charge is 2.32. The van der Waals surface area contributed by atoms with Gasteiger partial charge in [0, 0.05) is 12.8 Å². The topological polar surface area (TPSA) is 55.2 Å². The van der Waals surface area contributed by atoms with E-state index in [1.54, 1.807) is 12.3 Å². The van der Waals surface area contributed by atoms with Crippen LogP contribution in [-0.4, -0.2) is 21.7 Å². The lowest BCUT2D eigenvalue weighted by Crippen LogP contribution is -2.32. The molecule has 0 aromatic carbocycles. The number of nitrogens with zero attached hydrogens (tertiary/aromatic N) is 2. The highest BCUT2D eigenvalue weighted by molar-refractivity contribution is 5.07. The van der Waals surface area contributed by atoms with E-state index in [-0.39, 0.29) is 12.2 Å². The van der Waals surface area contributed by atoms with Crippen LogP contribution in [0.3, 0.4) is 0 Å². The van der Waals surface area contributed by atoms with Crippen molar-refractivity contribution in [3.05, 3.63) is 23.8 Å². The van der Waals surface area contributed by atoms with E-state index in [1.165, 1.54) is 0 Å². The van der Waals surface area contributed by atoms with Gasteiger partial charge in [0.1, 0.15) is 5.60 Å². The fraction of sp³-hybridized carbons (Fsp3) is 0.636. The van der Waals surface area contributed by atoms with E-state index < -0.39 is 0 Å². The molecular formula is C11H16N2O2. The summed E-state index contributed by atoms with van der Waals surface area (Å²) in [6.07, 6.45) is 4.87. The molecule has 0 bridgehead atoms. The second-order valence-corrected chi connectivity index (χ2v) is 4.07. The summed E-state index contributed by atoms with van der Waals surface area (Å²) < 4.78 is 5.74. The van der Waals surface area contributed by atoms with Gasteiger partial charge in [-0.1, -0.05) is 0 Å². The van der Waals surface area contributed by atoms with Gasteiger partial charge < -0.3 is 9.84 Å². The Labute approximate surface area is 89.3 Å². The Morgan fingerprint density at radius 1 is 1.53 bits per heavy atom. The third kappa shape index (κ3) is 2.16. The largest absolute Gasteiger partial charge is 0.390 e. The van der Waals surface area contributed by atoms with Gasteiger partial charge in [0.05, 0.1) is 12.3 Å². The summed E-state index contributed by atoms with van der Waals surface area (Å²) in [5.41, 5.74) is 0.277. The second-order valence-electron chi connectivity index (χ2n) is 4.07. The van der Waals surface area contributed by atoms with Crippen LogP contribution in [0.15, 0.2) is 12.3 Å². The van der Waals surface area contributed by atoms with Crippen molar-refractivity contribution in [2.45, 2.75) is 38.4 Å². The first-order valence-electron chi connectivity index (χ1n) is 5.32. The SMILES string of the molecule is CC1(c2nccc(CO)n2)CCCCO1. The standard InChI is InChI=1S/C11H16N2O2/c1-11(5-2-3-7-15-11)10-12-6-4-9(8-14)13-10/h4,6,14H,2-3,5,7-8H2,1H3. The number of ether oxygens (including phenoxy) is 1. The van der Waals surface area contributed by atoms with Crippen LogP contribution in [-0.2, 0) is 16.9 Å². The summed E-state index contributed by atoms with van der Waals surface area (Å²) in [5, 5.41) is 9.01. The van der Waals surface area contributed by atoms with Crippen LogP contribution in [0.5, 0.6) is 0 Å². The van der Waals surface area contributed by atoms with Crippen molar-refractivity contribution in [2.75, 3.05) is 6.61 Å². The van der Waals surface area contributed by atoms with E-state index in [2.05, 4.69) is 9.97 Å². The fourth-order valence-corrected chi connectivity index (χ4v) is 1.85. The molecule has 2 rings (SSSR count). The molecule has 1 aliphatic rings. The van der Waals surface area contributed by atoms with Gasteiger partial charge in [-0.25, -0.2) is 9.97 Å². The molecule has 4 nitrogen and oxygen atoms in total. The molecule has 1 saturated heterocycles. The van der Waals surface area contributed by atoms with E-state index in [0.29, 0.717) is 11.5 Å². The van der Waals surface area contributed by atoms with Crippen molar-refractivity contribution in [1.82, 2.24) is 9.97 Å². The predicted octanol–water partition coefficient (Wildman–Crippen LogP) is 1.38. The highest BCUT2D eigenvalue weighted by atomic mass is 16.5. The molecule has 0 spiro atoms. The molecule has 0 radical (unpaired) electrons. The van der Waals surface area contributed by atoms with Gasteiger partial charge in [0.25, 0.3) is 0 Å². The molecule has 1 aromatic rings. The Morgan fingerprint density at radius 2 is 2.40 bits per heavy atom. The van der Waals surface area contributed by atoms with Gasteiger partial charge in [-0.15, -0.1) is 0 Å². The smallest absolute Gasteiger partial charge is 0.160 e. The number of rotatable bonds is 2. The van der Waals surface area contributed by atoms with Gasteiger partial charge in [-0.05, 0) is 32.3 Å². The summed E-state index contributed by atoms with van der Waals surface area (Å²) >= 11 is 0. The average Bonchev–Trinajstić information content (AvgIpc) is 2.30. The van der Waals surface area contributed by atoms with Crippen LogP contribution in [0.25, 0.3) is 0 Å². The number of aliphatic hydroxyl groups excluding tert-OH is 1. The number of hydrogen-bond acceptors (Lipinski definition) is 4. The van der Waals surface area contributed by atoms with Crippen LogP contribution < -0.4 is 0 Å². The summed E-state index contributed by atoms with van der Waals surface area (Å²) in [6, 6.07) is 1.72. The number of aromatic nitrogens is 2. The zero-order valence-corrected chi connectivity index (χ0v) is 8.94. The Morgan fingerprint density at radius 3 is 3.07 bits per heavy atom. The minimum absolute atomic E-state index is 0.0500. The molecule has 0 saturated carbocycles. The summed E-state index contributed by atoms with van der Waals surface area (Å²) in [7, 11) is 0. The third-order valence-corrected chi connectivity index (χ3v) is 2.82. The quantitative estimate of drug-likeness (QED) is 0.797. The average molecular weight is 208 g/mol. The molecule has 1 fully saturated rings. The minimum atomic E-state index is -0.372. The summed E-state index contributed by atoms with van der Waals surface area (Å²) in [5.74, 6) is 0.689. The first kappa shape index (κ1) is 10.5. The predicted molar refractivity (Wildman–Crippen MR) is 55.1 cm³/mol. The lowest BCUT2D eigenvalue weighted by Gasteiger charge is -2.32. The second kappa shape index (κ2) is 4.24.